The summed E-state index contributed by atoms with van der Waals surface area (Å²) in [6.07, 6.45) is -4.67. The maximum absolute atomic E-state index is 12.1. The summed E-state index contributed by atoms with van der Waals surface area (Å²) in [6, 6.07) is -1.15. The van der Waals surface area contributed by atoms with E-state index in [1.807, 2.05) is 6.92 Å². The van der Waals surface area contributed by atoms with Crippen LogP contribution in [0.3, 0.4) is 0 Å². The number of sulfonamides is 1. The molecule has 2 N–H and O–H groups in total. The number of hydrogen-bond donors (Lipinski definition) is 2. The minimum Gasteiger partial charge on any atom is -0.315 e. The van der Waals surface area contributed by atoms with Gasteiger partial charge in [-0.1, -0.05) is 6.92 Å². The van der Waals surface area contributed by atoms with Crippen molar-refractivity contribution < 1.29 is 21.6 Å². The standard InChI is InChI=1S/C10H21F3N2O2S/c1-4-5-14-7-9(3)18(16,17)15-8(2)6-10(11,12)13/h8-9,14-15H,4-7H2,1-3H3. The van der Waals surface area contributed by atoms with E-state index in [-0.39, 0.29) is 6.54 Å². The SMILES string of the molecule is CCCNCC(C)S(=O)(=O)NC(C)CC(F)(F)F. The molecule has 0 saturated carbocycles. The van der Waals surface area contributed by atoms with E-state index in [1.165, 1.54) is 13.8 Å². The average molecular weight is 290 g/mol. The fourth-order valence-corrected chi connectivity index (χ4v) is 2.59. The van der Waals surface area contributed by atoms with Crippen LogP contribution in [0.1, 0.15) is 33.6 Å². The molecular weight excluding hydrogens is 269 g/mol. The zero-order valence-electron chi connectivity index (χ0n) is 10.8. The molecular formula is C10H21F3N2O2S. The Balaban J connectivity index is 4.29. The first-order valence-corrected chi connectivity index (χ1v) is 7.41. The second kappa shape index (κ2) is 7.30. The van der Waals surface area contributed by atoms with Crippen molar-refractivity contribution in [3.05, 3.63) is 0 Å². The monoisotopic (exact) mass is 290 g/mol. The molecule has 0 radical (unpaired) electrons. The number of rotatable bonds is 8. The third-order valence-corrected chi connectivity index (χ3v) is 4.25. The first kappa shape index (κ1) is 17.7. The molecule has 8 heteroatoms. The molecule has 0 aliphatic heterocycles. The largest absolute Gasteiger partial charge is 0.390 e. The maximum atomic E-state index is 12.1. The third-order valence-electron chi connectivity index (χ3n) is 2.29. The average Bonchev–Trinajstić information content (AvgIpc) is 2.13. The smallest absolute Gasteiger partial charge is 0.315 e. The molecule has 0 bridgehead atoms. The highest BCUT2D eigenvalue weighted by Crippen LogP contribution is 2.21. The van der Waals surface area contributed by atoms with Gasteiger partial charge in [0, 0.05) is 12.6 Å². The highest BCUT2D eigenvalue weighted by molar-refractivity contribution is 7.90. The molecule has 0 heterocycles. The Bertz CT molecular complexity index is 331. The molecule has 0 spiro atoms. The lowest BCUT2D eigenvalue weighted by Gasteiger charge is -2.19. The van der Waals surface area contributed by atoms with Crippen molar-refractivity contribution in [3.8, 4) is 0 Å². The molecule has 0 saturated heterocycles. The van der Waals surface area contributed by atoms with Crippen molar-refractivity contribution in [2.45, 2.75) is 51.1 Å². The van der Waals surface area contributed by atoms with E-state index in [9.17, 15) is 21.6 Å². The summed E-state index contributed by atoms with van der Waals surface area (Å²) < 4.78 is 61.7. The molecule has 0 fully saturated rings. The zero-order valence-corrected chi connectivity index (χ0v) is 11.7. The van der Waals surface area contributed by atoms with E-state index in [2.05, 4.69) is 10.0 Å². The van der Waals surface area contributed by atoms with Crippen LogP contribution in [0.2, 0.25) is 0 Å². The Labute approximate surface area is 106 Å². The molecule has 0 rings (SSSR count). The molecule has 0 amide bonds. The summed E-state index contributed by atoms with van der Waals surface area (Å²) in [5, 5.41) is 2.16. The topological polar surface area (TPSA) is 58.2 Å². The summed E-state index contributed by atoms with van der Waals surface area (Å²) in [6.45, 7) is 5.51. The van der Waals surface area contributed by atoms with Crippen molar-refractivity contribution in [1.82, 2.24) is 10.0 Å². The van der Waals surface area contributed by atoms with Gasteiger partial charge >= 0.3 is 6.18 Å². The van der Waals surface area contributed by atoms with Crippen LogP contribution in [-0.2, 0) is 10.0 Å². The second-order valence-corrected chi connectivity index (χ2v) is 6.53. The van der Waals surface area contributed by atoms with Gasteiger partial charge in [-0.05, 0) is 26.8 Å². The Kier molecular flexibility index (Phi) is 7.16. The van der Waals surface area contributed by atoms with E-state index >= 15 is 0 Å². The van der Waals surface area contributed by atoms with Crippen molar-refractivity contribution in [2.24, 2.45) is 0 Å². The van der Waals surface area contributed by atoms with Gasteiger partial charge in [0.05, 0.1) is 11.7 Å². The second-order valence-electron chi connectivity index (χ2n) is 4.40. The van der Waals surface area contributed by atoms with Crippen LogP contribution >= 0.6 is 0 Å². The maximum Gasteiger partial charge on any atom is 0.390 e. The first-order valence-electron chi connectivity index (χ1n) is 5.87. The van der Waals surface area contributed by atoms with Crippen molar-refractivity contribution >= 4 is 10.0 Å². The summed E-state index contributed by atoms with van der Waals surface area (Å²) in [5.74, 6) is 0. The first-order chi connectivity index (χ1) is 8.08. The number of alkyl halides is 3. The molecule has 2 atom stereocenters. The Morgan fingerprint density at radius 2 is 1.78 bits per heavy atom. The van der Waals surface area contributed by atoms with Gasteiger partial charge in [0.1, 0.15) is 0 Å². The van der Waals surface area contributed by atoms with E-state index in [0.29, 0.717) is 6.54 Å². The normalized spacial score (nSPS) is 16.6. The van der Waals surface area contributed by atoms with Gasteiger partial charge in [0.25, 0.3) is 0 Å². The molecule has 18 heavy (non-hydrogen) atoms. The predicted octanol–water partition coefficient (Wildman–Crippen LogP) is 1.63. The van der Waals surface area contributed by atoms with Gasteiger partial charge < -0.3 is 5.32 Å². The lowest BCUT2D eigenvalue weighted by molar-refractivity contribution is -0.137. The third kappa shape index (κ3) is 7.88. The molecule has 2 unspecified atom stereocenters. The molecule has 0 aliphatic rings. The fourth-order valence-electron chi connectivity index (χ4n) is 1.38. The number of halogens is 3. The summed E-state index contributed by atoms with van der Waals surface area (Å²) >= 11 is 0. The van der Waals surface area contributed by atoms with Gasteiger partial charge in [-0.3, -0.25) is 0 Å². The Morgan fingerprint density at radius 3 is 2.22 bits per heavy atom. The van der Waals surface area contributed by atoms with E-state index < -0.39 is 33.9 Å². The van der Waals surface area contributed by atoms with Crippen molar-refractivity contribution in [1.29, 1.82) is 0 Å². The minimum atomic E-state index is -4.37. The summed E-state index contributed by atoms with van der Waals surface area (Å²) in [7, 11) is -3.72. The number of hydrogen-bond acceptors (Lipinski definition) is 3. The Morgan fingerprint density at radius 1 is 1.22 bits per heavy atom. The van der Waals surface area contributed by atoms with Crippen LogP contribution in [0, 0.1) is 0 Å². The molecule has 0 aromatic heterocycles. The minimum absolute atomic E-state index is 0.224. The van der Waals surface area contributed by atoms with Gasteiger partial charge in [0.2, 0.25) is 10.0 Å². The summed E-state index contributed by atoms with van der Waals surface area (Å²) in [5.41, 5.74) is 0. The van der Waals surface area contributed by atoms with Crippen molar-refractivity contribution in [2.75, 3.05) is 13.1 Å². The van der Waals surface area contributed by atoms with Crippen LogP contribution in [0.15, 0.2) is 0 Å². The molecule has 0 aromatic rings. The van der Waals surface area contributed by atoms with Crippen LogP contribution in [0.4, 0.5) is 13.2 Å². The Hall–Kier alpha value is -0.340. The van der Waals surface area contributed by atoms with Gasteiger partial charge in [0.15, 0.2) is 0 Å². The van der Waals surface area contributed by atoms with Crippen LogP contribution < -0.4 is 10.0 Å². The van der Waals surface area contributed by atoms with E-state index in [1.54, 1.807) is 0 Å². The highest BCUT2D eigenvalue weighted by atomic mass is 32.2. The lowest BCUT2D eigenvalue weighted by atomic mass is 10.2. The molecule has 4 nitrogen and oxygen atoms in total. The molecule has 110 valence electrons. The zero-order chi connectivity index (χ0) is 14.4. The van der Waals surface area contributed by atoms with E-state index in [4.69, 9.17) is 0 Å². The fraction of sp³-hybridized carbons (Fsp3) is 1.00. The number of nitrogens with one attached hydrogen (secondary N) is 2. The summed E-state index contributed by atoms with van der Waals surface area (Å²) in [4.78, 5) is 0. The molecule has 0 aliphatic carbocycles. The van der Waals surface area contributed by atoms with Gasteiger partial charge in [-0.25, -0.2) is 13.1 Å². The predicted molar refractivity (Wildman–Crippen MR) is 64.8 cm³/mol. The van der Waals surface area contributed by atoms with E-state index in [0.717, 1.165) is 6.42 Å². The van der Waals surface area contributed by atoms with Crippen molar-refractivity contribution in [3.63, 3.8) is 0 Å². The van der Waals surface area contributed by atoms with Crippen LogP contribution in [0.5, 0.6) is 0 Å². The van der Waals surface area contributed by atoms with Crippen LogP contribution in [-0.4, -0.2) is 39.0 Å². The quantitative estimate of drug-likeness (QED) is 0.668. The van der Waals surface area contributed by atoms with Crippen LogP contribution in [0.25, 0.3) is 0 Å². The lowest BCUT2D eigenvalue weighted by Crippen LogP contribution is -2.44. The highest BCUT2D eigenvalue weighted by Gasteiger charge is 2.32. The molecule has 0 aromatic carbocycles. The van der Waals surface area contributed by atoms with Gasteiger partial charge in [-0.2, -0.15) is 13.2 Å². The van der Waals surface area contributed by atoms with Gasteiger partial charge in [-0.15, -0.1) is 0 Å².